The quantitative estimate of drug-likeness (QED) is 0.405. The molecule has 2 aromatic carbocycles. The monoisotopic (exact) mass is 643 g/mol. The van der Waals surface area contributed by atoms with E-state index in [0.29, 0.717) is 32.6 Å². The molecule has 0 unspecified atom stereocenters. The Labute approximate surface area is 270 Å². The summed E-state index contributed by atoms with van der Waals surface area (Å²) in [6.45, 7) is 9.75. The van der Waals surface area contributed by atoms with E-state index in [9.17, 15) is 14.0 Å². The SMILES string of the molecule is COc1ccc2c(c1)CN(C[C@H]1CN[C@H](C)CN1CC(=O)N1CC(C)(C)c3cnc(Cc4ccc(F)cc4)cc31)C2=O.Cl.Cl. The first-order valence-corrected chi connectivity index (χ1v) is 14.6. The number of pyridine rings is 1. The summed E-state index contributed by atoms with van der Waals surface area (Å²) in [4.78, 5) is 37.9. The van der Waals surface area contributed by atoms with Gasteiger partial charge in [0.25, 0.3) is 5.91 Å². The van der Waals surface area contributed by atoms with E-state index >= 15 is 0 Å². The van der Waals surface area contributed by atoms with Crippen LogP contribution < -0.4 is 15.0 Å². The van der Waals surface area contributed by atoms with E-state index in [2.05, 4.69) is 31.0 Å². The lowest BCUT2D eigenvalue weighted by Gasteiger charge is -2.41. The van der Waals surface area contributed by atoms with E-state index in [4.69, 9.17) is 9.72 Å². The molecule has 6 rings (SSSR count). The average molecular weight is 645 g/mol. The predicted molar refractivity (Wildman–Crippen MR) is 174 cm³/mol. The number of hydrogen-bond acceptors (Lipinski definition) is 6. The van der Waals surface area contributed by atoms with Crippen LogP contribution in [0.25, 0.3) is 0 Å². The number of nitrogens with one attached hydrogen (secondary N) is 1. The van der Waals surface area contributed by atoms with Crippen LogP contribution in [0.15, 0.2) is 54.7 Å². The predicted octanol–water partition coefficient (Wildman–Crippen LogP) is 4.61. The molecule has 2 amide bonds. The van der Waals surface area contributed by atoms with Gasteiger partial charge in [-0.1, -0.05) is 26.0 Å². The van der Waals surface area contributed by atoms with Gasteiger partial charge in [-0.05, 0) is 54.4 Å². The zero-order valence-corrected chi connectivity index (χ0v) is 27.1. The summed E-state index contributed by atoms with van der Waals surface area (Å²) in [5, 5.41) is 3.54. The van der Waals surface area contributed by atoms with Crippen molar-refractivity contribution in [2.75, 3.05) is 44.7 Å². The number of carbonyl (C=O) groups is 2. The first-order chi connectivity index (χ1) is 20.1. The third-order valence-corrected chi connectivity index (χ3v) is 8.80. The fourth-order valence-electron chi connectivity index (χ4n) is 6.48. The molecule has 4 heterocycles. The number of rotatable bonds is 7. The molecule has 0 aliphatic carbocycles. The number of piperazine rings is 1. The number of anilines is 1. The molecule has 1 saturated heterocycles. The molecule has 3 aliphatic heterocycles. The number of methoxy groups -OCH3 is 1. The first kappa shape index (κ1) is 33.6. The van der Waals surface area contributed by atoms with Crippen LogP contribution in [0.4, 0.5) is 10.1 Å². The van der Waals surface area contributed by atoms with Gasteiger partial charge < -0.3 is 19.9 Å². The van der Waals surface area contributed by atoms with Gasteiger partial charge in [-0.25, -0.2) is 4.39 Å². The summed E-state index contributed by atoms with van der Waals surface area (Å²) < 4.78 is 18.8. The fraction of sp³-hybridized carbons (Fsp3) is 0.424. The van der Waals surface area contributed by atoms with Crippen molar-refractivity contribution < 1.29 is 18.7 Å². The van der Waals surface area contributed by atoms with Gasteiger partial charge >= 0.3 is 0 Å². The number of nitrogens with zero attached hydrogens (tertiary/aromatic N) is 4. The largest absolute Gasteiger partial charge is 0.497 e. The molecule has 0 spiro atoms. The van der Waals surface area contributed by atoms with Crippen LogP contribution >= 0.6 is 24.8 Å². The third-order valence-electron chi connectivity index (χ3n) is 8.80. The Bertz CT molecular complexity index is 1520. The molecule has 236 valence electrons. The molecule has 0 bridgehead atoms. The number of carbonyl (C=O) groups excluding carboxylic acids is 2. The minimum absolute atomic E-state index is 0. The van der Waals surface area contributed by atoms with Crippen molar-refractivity contribution in [3.05, 3.63) is 88.5 Å². The van der Waals surface area contributed by atoms with Gasteiger partial charge in [0, 0.05) is 79.7 Å². The van der Waals surface area contributed by atoms with Crippen LogP contribution in [-0.4, -0.2) is 78.5 Å². The van der Waals surface area contributed by atoms with Gasteiger partial charge in [0.05, 0.1) is 19.3 Å². The second kappa shape index (κ2) is 13.4. The minimum atomic E-state index is -0.265. The molecule has 3 aromatic rings. The second-order valence-corrected chi connectivity index (χ2v) is 12.5. The molecule has 0 saturated carbocycles. The molecule has 3 aliphatic rings. The summed E-state index contributed by atoms with van der Waals surface area (Å²) in [5.74, 6) is 0.543. The normalized spacial score (nSPS) is 20.4. The number of amides is 2. The van der Waals surface area contributed by atoms with Crippen molar-refractivity contribution in [2.24, 2.45) is 0 Å². The summed E-state index contributed by atoms with van der Waals surface area (Å²) >= 11 is 0. The molecule has 11 heteroatoms. The fourth-order valence-corrected chi connectivity index (χ4v) is 6.48. The van der Waals surface area contributed by atoms with E-state index in [1.165, 1.54) is 12.1 Å². The summed E-state index contributed by atoms with van der Waals surface area (Å²) in [6.07, 6.45) is 2.45. The van der Waals surface area contributed by atoms with E-state index in [-0.39, 0.29) is 66.5 Å². The maximum absolute atomic E-state index is 14.0. The highest BCUT2D eigenvalue weighted by atomic mass is 35.5. The van der Waals surface area contributed by atoms with Gasteiger partial charge in [0.1, 0.15) is 11.6 Å². The number of benzene rings is 2. The zero-order chi connectivity index (χ0) is 29.6. The van der Waals surface area contributed by atoms with Crippen LogP contribution in [0.2, 0.25) is 0 Å². The lowest BCUT2D eigenvalue weighted by Crippen LogP contribution is -2.60. The molecule has 44 heavy (non-hydrogen) atoms. The summed E-state index contributed by atoms with van der Waals surface area (Å²) in [7, 11) is 1.63. The summed E-state index contributed by atoms with van der Waals surface area (Å²) in [5.41, 5.74) is 5.23. The number of hydrogen-bond donors (Lipinski definition) is 1. The van der Waals surface area contributed by atoms with Crippen molar-refractivity contribution in [3.63, 3.8) is 0 Å². The molecule has 0 radical (unpaired) electrons. The first-order valence-electron chi connectivity index (χ1n) is 14.6. The van der Waals surface area contributed by atoms with E-state index in [1.807, 2.05) is 40.3 Å². The van der Waals surface area contributed by atoms with Crippen molar-refractivity contribution in [1.29, 1.82) is 0 Å². The van der Waals surface area contributed by atoms with Crippen molar-refractivity contribution in [1.82, 2.24) is 20.1 Å². The Morgan fingerprint density at radius 3 is 2.61 bits per heavy atom. The molecule has 1 N–H and O–H groups in total. The lowest BCUT2D eigenvalue weighted by atomic mass is 9.88. The van der Waals surface area contributed by atoms with Crippen LogP contribution in [-0.2, 0) is 23.2 Å². The molecule has 2 atom stereocenters. The highest BCUT2D eigenvalue weighted by Gasteiger charge is 2.40. The van der Waals surface area contributed by atoms with Crippen LogP contribution in [0.5, 0.6) is 5.75 Å². The average Bonchev–Trinajstić information content (AvgIpc) is 3.42. The van der Waals surface area contributed by atoms with Crippen molar-refractivity contribution in [2.45, 2.75) is 51.2 Å². The number of aromatic nitrogens is 1. The number of ether oxygens (including phenoxy) is 1. The molecular formula is C33H40Cl2FN5O3. The Balaban J connectivity index is 0.00000221. The smallest absolute Gasteiger partial charge is 0.254 e. The van der Waals surface area contributed by atoms with E-state index < -0.39 is 0 Å². The molecule has 8 nitrogen and oxygen atoms in total. The van der Waals surface area contributed by atoms with Gasteiger partial charge in [0.2, 0.25) is 5.91 Å². The Morgan fingerprint density at radius 2 is 1.89 bits per heavy atom. The Morgan fingerprint density at radius 1 is 1.14 bits per heavy atom. The van der Waals surface area contributed by atoms with Crippen LogP contribution in [0, 0.1) is 5.82 Å². The van der Waals surface area contributed by atoms with Crippen LogP contribution in [0.3, 0.4) is 0 Å². The molecular weight excluding hydrogens is 604 g/mol. The van der Waals surface area contributed by atoms with Gasteiger partial charge in [0.15, 0.2) is 0 Å². The maximum Gasteiger partial charge on any atom is 0.254 e. The molecule has 1 fully saturated rings. The number of halogens is 3. The molecule has 1 aromatic heterocycles. The Hall–Kier alpha value is -3.24. The zero-order valence-electron chi connectivity index (χ0n) is 25.5. The van der Waals surface area contributed by atoms with Gasteiger partial charge in [-0.2, -0.15) is 0 Å². The standard InChI is InChI=1S/C33H38FN5O3.2ClH/c1-21-16-37(26(14-35-21)18-38-17-23-12-27(42-4)9-10-28(23)32(38)41)19-31(40)39-20-33(2,3)29-15-36-25(13-30(29)39)11-22-5-7-24(34)8-6-22;;/h5-10,12-13,15,21,26,35H,11,14,16-20H2,1-4H3;2*1H/t21-,26-;;/m1../s1. The maximum atomic E-state index is 14.0. The third kappa shape index (κ3) is 6.71. The highest BCUT2D eigenvalue weighted by molar-refractivity contribution is 5.99. The lowest BCUT2D eigenvalue weighted by molar-refractivity contribution is -0.120. The summed E-state index contributed by atoms with van der Waals surface area (Å²) in [6, 6.07) is 14.3. The number of fused-ring (bicyclic) bond motifs is 2. The van der Waals surface area contributed by atoms with Gasteiger partial charge in [-0.15, -0.1) is 24.8 Å². The van der Waals surface area contributed by atoms with Crippen LogP contribution in [0.1, 0.15) is 53.5 Å². The highest BCUT2D eigenvalue weighted by Crippen LogP contribution is 2.40. The second-order valence-electron chi connectivity index (χ2n) is 12.5. The van der Waals surface area contributed by atoms with Crippen molar-refractivity contribution in [3.8, 4) is 5.75 Å². The van der Waals surface area contributed by atoms with E-state index in [0.717, 1.165) is 45.9 Å². The van der Waals surface area contributed by atoms with Gasteiger partial charge in [-0.3, -0.25) is 19.5 Å². The van der Waals surface area contributed by atoms with Crippen molar-refractivity contribution >= 4 is 42.3 Å². The topological polar surface area (TPSA) is 78.0 Å². The minimum Gasteiger partial charge on any atom is -0.497 e. The van der Waals surface area contributed by atoms with E-state index in [1.54, 1.807) is 19.2 Å². The Kier molecular flexibility index (Phi) is 10.2.